The van der Waals surface area contributed by atoms with Crippen LogP contribution in [-0.2, 0) is 0 Å². The third kappa shape index (κ3) is 2.33. The zero-order valence-corrected chi connectivity index (χ0v) is 12.1. The van der Waals surface area contributed by atoms with Gasteiger partial charge in [0.2, 0.25) is 5.78 Å². The summed E-state index contributed by atoms with van der Waals surface area (Å²) in [7, 11) is 0. The molecule has 0 spiro atoms. The van der Waals surface area contributed by atoms with E-state index in [2.05, 4.69) is 0 Å². The van der Waals surface area contributed by atoms with E-state index in [1.54, 1.807) is 0 Å². The number of hydrogen-bond acceptors (Lipinski definition) is 2. The molecule has 2 nitrogen and oxygen atoms in total. The molecule has 0 unspecified atom stereocenters. The highest BCUT2D eigenvalue weighted by molar-refractivity contribution is 14.1. The minimum Gasteiger partial charge on any atom is -0.453 e. The van der Waals surface area contributed by atoms with Crippen molar-refractivity contribution in [3.8, 4) is 0 Å². The average molecular weight is 384 g/mol. The number of carbonyl (C=O) groups is 1. The molecule has 0 aliphatic rings. The molecule has 0 radical (unpaired) electrons. The van der Waals surface area contributed by atoms with Gasteiger partial charge in [-0.15, -0.1) is 0 Å². The second kappa shape index (κ2) is 4.97. The van der Waals surface area contributed by atoms with E-state index in [4.69, 9.17) is 4.42 Å². The number of halogens is 3. The van der Waals surface area contributed by atoms with E-state index >= 15 is 0 Å². The van der Waals surface area contributed by atoms with Crippen LogP contribution in [0.2, 0.25) is 0 Å². The third-order valence-corrected chi connectivity index (χ3v) is 3.77. The smallest absolute Gasteiger partial charge is 0.229 e. The van der Waals surface area contributed by atoms with Crippen molar-refractivity contribution in [3.63, 3.8) is 0 Å². The fraction of sp³-hybridized carbons (Fsp3) is 0. The molecule has 0 fully saturated rings. The average Bonchev–Trinajstić information content (AvgIpc) is 2.81. The van der Waals surface area contributed by atoms with Crippen LogP contribution in [0.25, 0.3) is 11.0 Å². The topological polar surface area (TPSA) is 30.2 Å². The normalized spacial score (nSPS) is 10.9. The van der Waals surface area contributed by atoms with Gasteiger partial charge in [0.05, 0.1) is 0 Å². The highest BCUT2D eigenvalue weighted by Crippen LogP contribution is 2.24. The Morgan fingerprint density at radius 1 is 1.00 bits per heavy atom. The second-order valence-corrected chi connectivity index (χ2v) is 5.41. The summed E-state index contributed by atoms with van der Waals surface area (Å²) in [5.74, 6) is -1.05. The quantitative estimate of drug-likeness (QED) is 0.480. The van der Waals surface area contributed by atoms with Gasteiger partial charge in [-0.1, -0.05) is 0 Å². The van der Waals surface area contributed by atoms with Crippen molar-refractivity contribution >= 4 is 39.3 Å². The Morgan fingerprint density at radius 3 is 2.45 bits per heavy atom. The van der Waals surface area contributed by atoms with Crippen molar-refractivity contribution in [2.45, 2.75) is 0 Å². The maximum atomic E-state index is 13.1. The highest BCUT2D eigenvalue weighted by Gasteiger charge is 2.17. The summed E-state index contributed by atoms with van der Waals surface area (Å²) in [6.07, 6.45) is 0. The molecule has 0 atom stereocenters. The van der Waals surface area contributed by atoms with Crippen LogP contribution in [0, 0.1) is 15.2 Å². The minimum absolute atomic E-state index is 0.107. The minimum atomic E-state index is -0.405. The Labute approximate surface area is 126 Å². The Hall–Kier alpha value is -1.76. The largest absolute Gasteiger partial charge is 0.453 e. The molecule has 0 aliphatic carbocycles. The van der Waals surface area contributed by atoms with Gasteiger partial charge in [0, 0.05) is 14.5 Å². The lowest BCUT2D eigenvalue weighted by molar-refractivity contribution is 0.101. The van der Waals surface area contributed by atoms with Gasteiger partial charge < -0.3 is 4.42 Å². The first-order valence-electron chi connectivity index (χ1n) is 5.73. The number of furan rings is 1. The van der Waals surface area contributed by atoms with Crippen molar-refractivity contribution in [1.82, 2.24) is 0 Å². The van der Waals surface area contributed by atoms with E-state index in [-0.39, 0.29) is 11.5 Å². The summed E-state index contributed by atoms with van der Waals surface area (Å²) in [5, 5.41) is 0.519. The van der Waals surface area contributed by atoms with Crippen molar-refractivity contribution in [2.75, 3.05) is 0 Å². The van der Waals surface area contributed by atoms with Crippen molar-refractivity contribution in [1.29, 1.82) is 0 Å². The Kier molecular flexibility index (Phi) is 3.29. The van der Waals surface area contributed by atoms with E-state index in [0.29, 0.717) is 20.1 Å². The standard InChI is InChI=1S/C15H7F2IO2/c16-9-2-4-13-8(5-9)6-14(20-13)15(19)11-3-1-10(17)7-12(11)18/h1-7H. The van der Waals surface area contributed by atoms with E-state index in [0.717, 1.165) is 0 Å². The van der Waals surface area contributed by atoms with E-state index in [1.807, 2.05) is 22.6 Å². The highest BCUT2D eigenvalue weighted by atomic mass is 127. The first kappa shape index (κ1) is 13.2. The summed E-state index contributed by atoms with van der Waals surface area (Å²) in [5.41, 5.74) is 0.790. The maximum Gasteiger partial charge on any atom is 0.229 e. The molecule has 0 bridgehead atoms. The molecule has 0 aliphatic heterocycles. The van der Waals surface area contributed by atoms with Gasteiger partial charge >= 0.3 is 0 Å². The molecule has 100 valence electrons. The number of ketones is 1. The van der Waals surface area contributed by atoms with Gasteiger partial charge in [-0.05, 0) is 65.1 Å². The molecular weight excluding hydrogens is 377 g/mol. The molecule has 0 saturated carbocycles. The maximum absolute atomic E-state index is 13.1. The summed E-state index contributed by atoms with van der Waals surface area (Å²) in [6.45, 7) is 0. The molecule has 2 aromatic carbocycles. The van der Waals surface area contributed by atoms with Gasteiger partial charge in [-0.25, -0.2) is 8.78 Å². The predicted octanol–water partition coefficient (Wildman–Crippen LogP) is 4.55. The van der Waals surface area contributed by atoms with Gasteiger partial charge in [0.25, 0.3) is 0 Å². The molecule has 1 heterocycles. The molecular formula is C15H7F2IO2. The van der Waals surface area contributed by atoms with Crippen LogP contribution >= 0.6 is 22.6 Å². The molecule has 20 heavy (non-hydrogen) atoms. The summed E-state index contributed by atoms with van der Waals surface area (Å²) >= 11 is 1.89. The van der Waals surface area contributed by atoms with Crippen LogP contribution in [0.4, 0.5) is 8.78 Å². The van der Waals surface area contributed by atoms with Gasteiger partial charge in [-0.2, -0.15) is 0 Å². The zero-order chi connectivity index (χ0) is 14.3. The zero-order valence-electron chi connectivity index (χ0n) is 9.99. The SMILES string of the molecule is O=C(c1cc2cc(F)ccc2o1)c1ccc(F)cc1I. The second-order valence-electron chi connectivity index (χ2n) is 4.25. The number of carbonyl (C=O) groups excluding carboxylic acids is 1. The van der Waals surface area contributed by atoms with Crippen molar-refractivity contribution in [2.24, 2.45) is 0 Å². The fourth-order valence-electron chi connectivity index (χ4n) is 1.93. The van der Waals surface area contributed by atoms with E-state index in [1.165, 1.54) is 42.5 Å². The fourth-order valence-corrected chi connectivity index (χ4v) is 2.65. The van der Waals surface area contributed by atoms with Gasteiger partial charge in [0.1, 0.15) is 17.2 Å². The van der Waals surface area contributed by atoms with Crippen molar-refractivity contribution in [3.05, 3.63) is 69.0 Å². The molecule has 5 heteroatoms. The van der Waals surface area contributed by atoms with Crippen LogP contribution in [0.5, 0.6) is 0 Å². The van der Waals surface area contributed by atoms with Crippen LogP contribution in [-0.4, -0.2) is 5.78 Å². The van der Waals surface area contributed by atoms with Crippen LogP contribution in [0.15, 0.2) is 46.9 Å². The number of fused-ring (bicyclic) bond motifs is 1. The third-order valence-electron chi connectivity index (χ3n) is 2.88. The summed E-state index contributed by atoms with van der Waals surface area (Å²) < 4.78 is 32.1. The lowest BCUT2D eigenvalue weighted by Crippen LogP contribution is -2.02. The number of hydrogen-bond donors (Lipinski definition) is 0. The lowest BCUT2D eigenvalue weighted by atomic mass is 10.1. The number of rotatable bonds is 2. The van der Waals surface area contributed by atoms with Crippen LogP contribution in [0.1, 0.15) is 16.1 Å². The van der Waals surface area contributed by atoms with Crippen LogP contribution in [0.3, 0.4) is 0 Å². The number of benzene rings is 2. The Bertz CT molecular complexity index is 824. The first-order chi connectivity index (χ1) is 9.54. The molecule has 3 rings (SSSR count). The first-order valence-corrected chi connectivity index (χ1v) is 6.81. The van der Waals surface area contributed by atoms with E-state index < -0.39 is 11.6 Å². The summed E-state index contributed by atoms with van der Waals surface area (Å²) in [6, 6.07) is 9.42. The van der Waals surface area contributed by atoms with Crippen molar-refractivity contribution < 1.29 is 18.0 Å². The molecule has 3 aromatic rings. The van der Waals surface area contributed by atoms with E-state index in [9.17, 15) is 13.6 Å². The monoisotopic (exact) mass is 384 g/mol. The van der Waals surface area contributed by atoms with Gasteiger partial charge in [0.15, 0.2) is 5.76 Å². The lowest BCUT2D eigenvalue weighted by Gasteiger charge is -2.01. The Balaban J connectivity index is 2.08. The Morgan fingerprint density at radius 2 is 1.70 bits per heavy atom. The molecule has 1 aromatic heterocycles. The molecule has 0 N–H and O–H groups in total. The predicted molar refractivity (Wildman–Crippen MR) is 78.7 cm³/mol. The molecule has 0 saturated heterocycles. The summed E-state index contributed by atoms with van der Waals surface area (Å²) in [4.78, 5) is 12.3. The van der Waals surface area contributed by atoms with Gasteiger partial charge in [-0.3, -0.25) is 4.79 Å². The van der Waals surface area contributed by atoms with Crippen LogP contribution < -0.4 is 0 Å². The molecule has 0 amide bonds.